The number of nitrogens with zero attached hydrogens (tertiary/aromatic N) is 3. The fourth-order valence-corrected chi connectivity index (χ4v) is 4.19. The molecule has 88 valence electrons. The quantitative estimate of drug-likeness (QED) is 0.741. The van der Waals surface area contributed by atoms with Gasteiger partial charge in [0.25, 0.3) is 0 Å². The Hall–Kier alpha value is -0.870. The average molecular weight is 266 g/mol. The fourth-order valence-electron chi connectivity index (χ4n) is 3.22. The average Bonchev–Trinajstić information content (AvgIpc) is 3.02. The van der Waals surface area contributed by atoms with Gasteiger partial charge in [-0.1, -0.05) is 0 Å². The summed E-state index contributed by atoms with van der Waals surface area (Å²) in [7, 11) is 0. The Morgan fingerprint density at radius 1 is 1.35 bits per heavy atom. The third-order valence-electron chi connectivity index (χ3n) is 3.96. The van der Waals surface area contributed by atoms with E-state index in [0.29, 0.717) is 11.3 Å². The Kier molecular flexibility index (Phi) is 2.11. The molecular weight excluding hydrogens is 254 g/mol. The highest BCUT2D eigenvalue weighted by molar-refractivity contribution is 7.16. The lowest BCUT2D eigenvalue weighted by Crippen LogP contribution is -2.32. The van der Waals surface area contributed by atoms with Gasteiger partial charge in [-0.15, -0.1) is 11.3 Å². The molecule has 0 amide bonds. The van der Waals surface area contributed by atoms with Gasteiger partial charge in [0.15, 0.2) is 0 Å². The Bertz CT molecular complexity index is 582. The molecule has 2 unspecified atom stereocenters. The monoisotopic (exact) mass is 265 g/mol. The summed E-state index contributed by atoms with van der Waals surface area (Å²) >= 11 is 7.65. The van der Waals surface area contributed by atoms with Gasteiger partial charge in [0.2, 0.25) is 5.28 Å². The van der Waals surface area contributed by atoms with E-state index in [9.17, 15) is 0 Å². The van der Waals surface area contributed by atoms with Crippen molar-refractivity contribution < 1.29 is 0 Å². The molecule has 2 aromatic rings. The molecule has 0 N–H and O–H groups in total. The first kappa shape index (κ1) is 10.1. The van der Waals surface area contributed by atoms with Crippen molar-refractivity contribution in [2.75, 3.05) is 11.4 Å². The second-order valence-corrected chi connectivity index (χ2v) is 6.17. The summed E-state index contributed by atoms with van der Waals surface area (Å²) in [5, 5.41) is 3.60. The minimum absolute atomic E-state index is 0.373. The standard InChI is InChI=1S/C12H12ClN3S/c13-12-14-10(9-3-4-17-11(9)15-12)16-6-7-1-2-8(16)5-7/h3-4,7-8H,1-2,5-6H2. The molecule has 2 atom stereocenters. The molecule has 2 bridgehead atoms. The molecule has 17 heavy (non-hydrogen) atoms. The Balaban J connectivity index is 1.87. The number of hydrogen-bond donors (Lipinski definition) is 0. The van der Waals surface area contributed by atoms with Gasteiger partial charge in [-0.05, 0) is 48.2 Å². The van der Waals surface area contributed by atoms with Crippen LogP contribution >= 0.6 is 22.9 Å². The Morgan fingerprint density at radius 2 is 2.29 bits per heavy atom. The van der Waals surface area contributed by atoms with Gasteiger partial charge in [-0.25, -0.2) is 4.98 Å². The first-order valence-electron chi connectivity index (χ1n) is 5.98. The second-order valence-electron chi connectivity index (χ2n) is 4.94. The molecule has 5 heteroatoms. The van der Waals surface area contributed by atoms with Crippen molar-refractivity contribution in [2.45, 2.75) is 25.3 Å². The van der Waals surface area contributed by atoms with E-state index in [1.165, 1.54) is 19.3 Å². The molecule has 0 spiro atoms. The maximum absolute atomic E-state index is 6.02. The topological polar surface area (TPSA) is 29.0 Å². The van der Waals surface area contributed by atoms with Crippen molar-refractivity contribution in [1.29, 1.82) is 0 Å². The number of halogens is 1. The van der Waals surface area contributed by atoms with E-state index in [-0.39, 0.29) is 0 Å². The van der Waals surface area contributed by atoms with Crippen LogP contribution in [0.4, 0.5) is 5.82 Å². The van der Waals surface area contributed by atoms with Crippen LogP contribution < -0.4 is 4.90 Å². The van der Waals surface area contributed by atoms with Crippen LogP contribution in [0.15, 0.2) is 11.4 Å². The largest absolute Gasteiger partial charge is 0.353 e. The molecule has 4 rings (SSSR count). The van der Waals surface area contributed by atoms with Crippen molar-refractivity contribution in [3.63, 3.8) is 0 Å². The molecular formula is C12H12ClN3S. The predicted octanol–water partition coefficient (Wildman–Crippen LogP) is 3.33. The van der Waals surface area contributed by atoms with E-state index in [1.807, 2.05) is 0 Å². The molecule has 1 aliphatic carbocycles. The maximum Gasteiger partial charge on any atom is 0.225 e. The van der Waals surface area contributed by atoms with E-state index >= 15 is 0 Å². The van der Waals surface area contributed by atoms with Crippen molar-refractivity contribution in [1.82, 2.24) is 9.97 Å². The predicted molar refractivity (Wildman–Crippen MR) is 70.9 cm³/mol. The van der Waals surface area contributed by atoms with Crippen LogP contribution in [0.5, 0.6) is 0 Å². The van der Waals surface area contributed by atoms with E-state index in [4.69, 9.17) is 11.6 Å². The number of thiophene rings is 1. The summed E-state index contributed by atoms with van der Waals surface area (Å²) < 4.78 is 0. The van der Waals surface area contributed by atoms with Crippen molar-refractivity contribution in [3.8, 4) is 0 Å². The molecule has 1 saturated heterocycles. The van der Waals surface area contributed by atoms with Gasteiger partial charge < -0.3 is 4.90 Å². The number of hydrogen-bond acceptors (Lipinski definition) is 4. The van der Waals surface area contributed by atoms with Crippen molar-refractivity contribution >= 4 is 39.0 Å². The summed E-state index contributed by atoms with van der Waals surface area (Å²) in [4.78, 5) is 12.2. The lowest BCUT2D eigenvalue weighted by Gasteiger charge is -2.28. The lowest BCUT2D eigenvalue weighted by molar-refractivity contribution is 0.551. The number of rotatable bonds is 1. The number of anilines is 1. The Morgan fingerprint density at radius 3 is 3.06 bits per heavy atom. The first-order chi connectivity index (χ1) is 8.31. The van der Waals surface area contributed by atoms with Gasteiger partial charge in [-0.2, -0.15) is 4.98 Å². The highest BCUT2D eigenvalue weighted by Gasteiger charge is 2.39. The molecule has 2 fully saturated rings. The summed E-state index contributed by atoms with van der Waals surface area (Å²) in [6.45, 7) is 1.14. The van der Waals surface area contributed by atoms with Crippen molar-refractivity contribution in [3.05, 3.63) is 16.7 Å². The van der Waals surface area contributed by atoms with E-state index in [0.717, 1.165) is 28.5 Å². The van der Waals surface area contributed by atoms with Crippen molar-refractivity contribution in [2.24, 2.45) is 5.92 Å². The zero-order chi connectivity index (χ0) is 11.4. The van der Waals surface area contributed by atoms with Gasteiger partial charge in [-0.3, -0.25) is 0 Å². The zero-order valence-electron chi connectivity index (χ0n) is 9.27. The third kappa shape index (κ3) is 1.47. The van der Waals surface area contributed by atoms with Gasteiger partial charge in [0.1, 0.15) is 10.6 Å². The van der Waals surface area contributed by atoms with E-state index < -0.39 is 0 Å². The minimum Gasteiger partial charge on any atom is -0.353 e. The van der Waals surface area contributed by atoms with Crippen LogP contribution in [0, 0.1) is 5.92 Å². The summed E-state index contributed by atoms with van der Waals surface area (Å²) in [5.74, 6) is 1.91. The van der Waals surface area contributed by atoms with E-state index in [1.54, 1.807) is 11.3 Å². The van der Waals surface area contributed by atoms with Crippen LogP contribution in [-0.2, 0) is 0 Å². The minimum atomic E-state index is 0.373. The summed E-state index contributed by atoms with van der Waals surface area (Å²) in [6.07, 6.45) is 4.01. The zero-order valence-corrected chi connectivity index (χ0v) is 10.8. The van der Waals surface area contributed by atoms with Gasteiger partial charge >= 0.3 is 0 Å². The molecule has 3 nitrogen and oxygen atoms in total. The number of piperidine rings is 1. The SMILES string of the molecule is Clc1nc(N2CC3CCC2C3)c2ccsc2n1. The van der Waals surface area contributed by atoms with Crippen LogP contribution in [-0.4, -0.2) is 22.6 Å². The van der Waals surface area contributed by atoms with Crippen LogP contribution in [0.1, 0.15) is 19.3 Å². The highest BCUT2D eigenvalue weighted by atomic mass is 35.5. The molecule has 2 aliphatic rings. The maximum atomic E-state index is 6.02. The van der Waals surface area contributed by atoms with Crippen LogP contribution in [0.3, 0.4) is 0 Å². The molecule has 3 heterocycles. The molecule has 1 saturated carbocycles. The Labute approximate surface area is 108 Å². The third-order valence-corrected chi connectivity index (χ3v) is 4.93. The summed E-state index contributed by atoms with van der Waals surface area (Å²) in [5.41, 5.74) is 0. The first-order valence-corrected chi connectivity index (χ1v) is 7.24. The van der Waals surface area contributed by atoms with Gasteiger partial charge in [0, 0.05) is 12.6 Å². The highest BCUT2D eigenvalue weighted by Crippen LogP contribution is 2.42. The van der Waals surface area contributed by atoms with Crippen LogP contribution in [0.2, 0.25) is 5.28 Å². The fraction of sp³-hybridized carbons (Fsp3) is 0.500. The van der Waals surface area contributed by atoms with E-state index in [2.05, 4.69) is 26.3 Å². The second kappa shape index (κ2) is 3.56. The molecule has 0 radical (unpaired) electrons. The molecule has 2 aromatic heterocycles. The smallest absolute Gasteiger partial charge is 0.225 e. The summed E-state index contributed by atoms with van der Waals surface area (Å²) in [6, 6.07) is 2.78. The molecule has 0 aromatic carbocycles. The van der Waals surface area contributed by atoms with Gasteiger partial charge in [0.05, 0.1) is 5.39 Å². The lowest BCUT2D eigenvalue weighted by atomic mass is 10.1. The number of fused-ring (bicyclic) bond motifs is 3. The normalized spacial score (nSPS) is 27.2. The number of aromatic nitrogens is 2. The van der Waals surface area contributed by atoms with Crippen LogP contribution in [0.25, 0.3) is 10.2 Å². The molecule has 1 aliphatic heterocycles.